The van der Waals surface area contributed by atoms with Crippen LogP contribution in [-0.2, 0) is 19.0 Å². The fourth-order valence-corrected chi connectivity index (χ4v) is 2.81. The number of nitrogens with zero attached hydrogens (tertiary/aromatic N) is 1. The zero-order valence-electron chi connectivity index (χ0n) is 15.9. The van der Waals surface area contributed by atoms with Crippen LogP contribution >= 0.6 is 0 Å². The minimum Gasteiger partial charge on any atom is -0.444 e. The summed E-state index contributed by atoms with van der Waals surface area (Å²) in [5.74, 6) is 0. The number of ether oxygens (including phenoxy) is 1. The molecule has 0 bridgehead atoms. The van der Waals surface area contributed by atoms with E-state index in [1.807, 2.05) is 0 Å². The van der Waals surface area contributed by atoms with Crippen molar-refractivity contribution in [3.8, 4) is 0 Å². The quantitative estimate of drug-likeness (QED) is 0.291. The first kappa shape index (κ1) is 22.8. The molecule has 0 aliphatic heterocycles. The molecular formula is C17H26N2O7S. The fourth-order valence-electron chi connectivity index (χ4n) is 2.39. The molecule has 0 unspecified atom stereocenters. The van der Waals surface area contributed by atoms with Crippen molar-refractivity contribution in [1.82, 2.24) is 5.32 Å². The van der Waals surface area contributed by atoms with Crippen LogP contribution in [0.5, 0.6) is 0 Å². The molecule has 0 heterocycles. The molecule has 1 aromatic rings. The highest BCUT2D eigenvalue weighted by Gasteiger charge is 2.35. The lowest BCUT2D eigenvalue weighted by molar-refractivity contribution is -0.528. The topological polar surface area (TPSA) is 125 Å². The third kappa shape index (κ3) is 9.34. The minimum absolute atomic E-state index is 0.0118. The smallest absolute Gasteiger partial charge is 0.408 e. The van der Waals surface area contributed by atoms with E-state index in [-0.39, 0.29) is 19.4 Å². The SMILES string of the molecule is CC(C)(C)OC(=O)N[C@H](c1ccccc1)[C@H](CCCOS(C)(=O)=O)[N+](=O)[O-]. The third-order valence-electron chi connectivity index (χ3n) is 3.43. The van der Waals surface area contributed by atoms with Crippen molar-refractivity contribution in [2.24, 2.45) is 0 Å². The summed E-state index contributed by atoms with van der Waals surface area (Å²) in [7, 11) is -3.61. The average Bonchev–Trinajstić information content (AvgIpc) is 2.51. The predicted molar refractivity (Wildman–Crippen MR) is 99.4 cm³/mol. The highest BCUT2D eigenvalue weighted by Crippen LogP contribution is 2.23. The number of nitro groups is 1. The second-order valence-corrected chi connectivity index (χ2v) is 8.70. The number of hydrogen-bond donors (Lipinski definition) is 1. The molecular weight excluding hydrogens is 376 g/mol. The van der Waals surface area contributed by atoms with Gasteiger partial charge in [-0.05, 0) is 32.8 Å². The summed E-state index contributed by atoms with van der Waals surface area (Å²) >= 11 is 0. The van der Waals surface area contributed by atoms with E-state index in [0.717, 1.165) is 6.26 Å². The first-order valence-corrected chi connectivity index (χ1v) is 10.2. The van der Waals surface area contributed by atoms with E-state index in [1.165, 1.54) is 0 Å². The molecule has 1 amide bonds. The van der Waals surface area contributed by atoms with Gasteiger partial charge in [-0.25, -0.2) is 4.79 Å². The van der Waals surface area contributed by atoms with Gasteiger partial charge in [0.15, 0.2) is 0 Å². The first-order valence-electron chi connectivity index (χ1n) is 8.41. The van der Waals surface area contributed by atoms with Gasteiger partial charge in [0.2, 0.25) is 6.04 Å². The van der Waals surface area contributed by atoms with Gasteiger partial charge in [-0.3, -0.25) is 14.3 Å². The van der Waals surface area contributed by atoms with Crippen molar-refractivity contribution < 1.29 is 27.1 Å². The van der Waals surface area contributed by atoms with Crippen LogP contribution in [0.15, 0.2) is 30.3 Å². The molecule has 0 saturated heterocycles. The Morgan fingerprint density at radius 3 is 2.33 bits per heavy atom. The maximum absolute atomic E-state index is 12.2. The standard InChI is InChI=1S/C17H26N2O7S/c1-17(2,3)26-16(20)18-15(13-9-6-5-7-10-13)14(19(21)22)11-8-12-25-27(4,23)24/h5-7,9-10,14-15H,8,11-12H2,1-4H3,(H,18,20)/t14-,15+/m0/s1. The minimum atomic E-state index is -3.61. The Kier molecular flexibility index (Phi) is 8.17. The summed E-state index contributed by atoms with van der Waals surface area (Å²) in [5.41, 5.74) is -0.201. The summed E-state index contributed by atoms with van der Waals surface area (Å²) in [6.45, 7) is 4.91. The molecule has 27 heavy (non-hydrogen) atoms. The van der Waals surface area contributed by atoms with Gasteiger partial charge in [0.1, 0.15) is 11.6 Å². The summed E-state index contributed by atoms with van der Waals surface area (Å²) in [6.07, 6.45) is 0.292. The van der Waals surface area contributed by atoms with Gasteiger partial charge in [-0.2, -0.15) is 8.42 Å². The van der Waals surface area contributed by atoms with E-state index in [4.69, 9.17) is 4.74 Å². The van der Waals surface area contributed by atoms with E-state index in [0.29, 0.717) is 5.56 Å². The molecule has 152 valence electrons. The van der Waals surface area contributed by atoms with E-state index < -0.39 is 38.8 Å². The summed E-state index contributed by atoms with van der Waals surface area (Å²) < 4.78 is 31.9. The van der Waals surface area contributed by atoms with Crippen LogP contribution in [0.1, 0.15) is 45.2 Å². The van der Waals surface area contributed by atoms with Crippen LogP contribution in [0, 0.1) is 10.1 Å². The lowest BCUT2D eigenvalue weighted by atomic mass is 9.96. The number of carbonyl (C=O) groups excluding carboxylic acids is 1. The zero-order valence-corrected chi connectivity index (χ0v) is 16.7. The monoisotopic (exact) mass is 402 g/mol. The molecule has 0 aromatic heterocycles. The molecule has 1 N–H and O–H groups in total. The number of nitrogens with one attached hydrogen (secondary N) is 1. The normalized spacial score (nSPS) is 14.2. The lowest BCUT2D eigenvalue weighted by Crippen LogP contribution is -2.42. The highest BCUT2D eigenvalue weighted by atomic mass is 32.2. The van der Waals surface area contributed by atoms with Gasteiger partial charge < -0.3 is 10.1 Å². The van der Waals surface area contributed by atoms with E-state index in [2.05, 4.69) is 9.50 Å². The molecule has 1 rings (SSSR count). The molecule has 0 spiro atoms. The molecule has 10 heteroatoms. The molecule has 0 saturated carbocycles. The van der Waals surface area contributed by atoms with Gasteiger partial charge in [-0.15, -0.1) is 0 Å². The lowest BCUT2D eigenvalue weighted by Gasteiger charge is -2.25. The molecule has 0 radical (unpaired) electrons. The Hall–Kier alpha value is -2.20. The Balaban J connectivity index is 2.95. The maximum atomic E-state index is 12.2. The van der Waals surface area contributed by atoms with E-state index >= 15 is 0 Å². The fraction of sp³-hybridized carbons (Fsp3) is 0.588. The van der Waals surface area contributed by atoms with Crippen molar-refractivity contribution in [1.29, 1.82) is 0 Å². The van der Waals surface area contributed by atoms with Crippen molar-refractivity contribution in [2.75, 3.05) is 12.9 Å². The van der Waals surface area contributed by atoms with Crippen LogP contribution in [0.3, 0.4) is 0 Å². The predicted octanol–water partition coefficient (Wildman–Crippen LogP) is 2.65. The number of amides is 1. The first-order chi connectivity index (χ1) is 12.4. The number of hydrogen-bond acceptors (Lipinski definition) is 7. The van der Waals surface area contributed by atoms with Gasteiger partial charge in [0.25, 0.3) is 10.1 Å². The van der Waals surface area contributed by atoms with E-state index in [1.54, 1.807) is 51.1 Å². The molecule has 0 fully saturated rings. The van der Waals surface area contributed by atoms with Crippen LogP contribution in [0.4, 0.5) is 4.79 Å². The molecule has 0 aliphatic carbocycles. The van der Waals surface area contributed by atoms with Crippen molar-refractivity contribution in [3.63, 3.8) is 0 Å². The molecule has 2 atom stereocenters. The molecule has 0 aliphatic rings. The van der Waals surface area contributed by atoms with Crippen molar-refractivity contribution in [3.05, 3.63) is 46.0 Å². The number of benzene rings is 1. The number of alkyl carbamates (subject to hydrolysis) is 1. The average molecular weight is 402 g/mol. The molecule has 1 aromatic carbocycles. The second-order valence-electron chi connectivity index (χ2n) is 7.06. The Bertz CT molecular complexity index is 729. The summed E-state index contributed by atoms with van der Waals surface area (Å²) in [4.78, 5) is 23.3. The number of rotatable bonds is 9. The van der Waals surface area contributed by atoms with E-state index in [9.17, 15) is 23.3 Å². The van der Waals surface area contributed by atoms with Crippen LogP contribution < -0.4 is 5.32 Å². The van der Waals surface area contributed by atoms with Gasteiger partial charge in [-0.1, -0.05) is 30.3 Å². The summed E-state index contributed by atoms with van der Waals surface area (Å²) in [6, 6.07) is 6.41. The van der Waals surface area contributed by atoms with Gasteiger partial charge in [0.05, 0.1) is 12.9 Å². The summed E-state index contributed by atoms with van der Waals surface area (Å²) in [5, 5.41) is 14.2. The second kappa shape index (κ2) is 9.65. The van der Waals surface area contributed by atoms with Crippen LogP contribution in [0.25, 0.3) is 0 Å². The largest absolute Gasteiger partial charge is 0.444 e. The van der Waals surface area contributed by atoms with Crippen LogP contribution in [0.2, 0.25) is 0 Å². The Labute approximate surface area is 159 Å². The molecule has 9 nitrogen and oxygen atoms in total. The Morgan fingerprint density at radius 2 is 1.85 bits per heavy atom. The van der Waals surface area contributed by atoms with Gasteiger partial charge in [0, 0.05) is 11.3 Å². The van der Waals surface area contributed by atoms with Gasteiger partial charge >= 0.3 is 6.09 Å². The maximum Gasteiger partial charge on any atom is 0.408 e. The zero-order chi connectivity index (χ0) is 20.7. The van der Waals surface area contributed by atoms with Crippen molar-refractivity contribution in [2.45, 2.75) is 51.3 Å². The highest BCUT2D eigenvalue weighted by molar-refractivity contribution is 7.85. The van der Waals surface area contributed by atoms with Crippen molar-refractivity contribution >= 4 is 16.2 Å². The van der Waals surface area contributed by atoms with Crippen LogP contribution in [-0.4, -0.2) is 43.9 Å². The number of carbonyl (C=O) groups is 1. The third-order valence-corrected chi connectivity index (χ3v) is 4.02. The Morgan fingerprint density at radius 1 is 1.26 bits per heavy atom.